The molecule has 1 aliphatic rings. The van der Waals surface area contributed by atoms with Gasteiger partial charge in [0.15, 0.2) is 0 Å². The number of rotatable bonds is 5. The second-order valence-corrected chi connectivity index (χ2v) is 6.18. The number of benzene rings is 1. The quantitative estimate of drug-likeness (QED) is 0.850. The monoisotopic (exact) mass is 300 g/mol. The van der Waals surface area contributed by atoms with Gasteiger partial charge in [-0.1, -0.05) is 35.5 Å². The van der Waals surface area contributed by atoms with E-state index in [1.54, 1.807) is 0 Å². The lowest BCUT2D eigenvalue weighted by molar-refractivity contribution is -0.00896. The molecule has 4 heteroatoms. The smallest absolute Gasteiger partial charge is 0.133 e. The van der Waals surface area contributed by atoms with Crippen LogP contribution in [0.4, 0.5) is 0 Å². The van der Waals surface area contributed by atoms with Gasteiger partial charge in [0.1, 0.15) is 5.76 Å². The van der Waals surface area contributed by atoms with E-state index < -0.39 is 0 Å². The molecule has 2 aromatic rings. The Kier molecular flexibility index (Phi) is 4.90. The number of likely N-dealkylation sites (tertiary alicyclic amines) is 1. The van der Waals surface area contributed by atoms with Gasteiger partial charge in [-0.15, -0.1) is 0 Å². The van der Waals surface area contributed by atoms with Crippen LogP contribution in [0.2, 0.25) is 0 Å². The lowest BCUT2D eigenvalue weighted by Crippen LogP contribution is -2.44. The van der Waals surface area contributed by atoms with Crippen molar-refractivity contribution in [2.45, 2.75) is 32.4 Å². The molecule has 1 fully saturated rings. The summed E-state index contributed by atoms with van der Waals surface area (Å²) in [6.45, 7) is 4.89. The third kappa shape index (κ3) is 3.76. The van der Waals surface area contributed by atoms with Gasteiger partial charge < -0.3 is 9.26 Å². The van der Waals surface area contributed by atoms with Gasteiger partial charge >= 0.3 is 0 Å². The van der Waals surface area contributed by atoms with E-state index in [9.17, 15) is 0 Å². The van der Waals surface area contributed by atoms with Crippen molar-refractivity contribution in [3.63, 3.8) is 0 Å². The molecular weight excluding hydrogens is 276 g/mol. The van der Waals surface area contributed by atoms with Gasteiger partial charge in [0.05, 0.1) is 11.8 Å². The zero-order valence-electron chi connectivity index (χ0n) is 13.4. The predicted octanol–water partition coefficient (Wildman–Crippen LogP) is 3.06. The van der Waals surface area contributed by atoms with Crippen LogP contribution in [0.15, 0.2) is 40.9 Å². The van der Waals surface area contributed by atoms with Crippen molar-refractivity contribution in [3.8, 4) is 0 Å². The maximum atomic E-state index is 5.72. The van der Waals surface area contributed by atoms with Crippen LogP contribution in [-0.4, -0.2) is 36.4 Å². The number of aryl methyl sites for hydroxylation is 1. The van der Waals surface area contributed by atoms with Crippen LogP contribution in [0.5, 0.6) is 0 Å². The van der Waals surface area contributed by atoms with Crippen molar-refractivity contribution in [3.05, 3.63) is 53.4 Å². The molecule has 0 spiro atoms. The van der Waals surface area contributed by atoms with E-state index in [0.29, 0.717) is 12.0 Å². The van der Waals surface area contributed by atoms with E-state index >= 15 is 0 Å². The Labute approximate surface area is 132 Å². The maximum absolute atomic E-state index is 5.72. The van der Waals surface area contributed by atoms with E-state index in [0.717, 1.165) is 43.9 Å². The molecule has 0 unspecified atom stereocenters. The lowest BCUT2D eigenvalue weighted by Gasteiger charge is -2.37. The molecular formula is C18H24N2O2. The van der Waals surface area contributed by atoms with Crippen molar-refractivity contribution < 1.29 is 9.26 Å². The molecule has 0 radical (unpaired) electrons. The van der Waals surface area contributed by atoms with E-state index in [1.165, 1.54) is 5.56 Å². The molecule has 3 rings (SSSR count). The first-order chi connectivity index (χ1) is 10.7. The fourth-order valence-electron chi connectivity index (χ4n) is 3.37. The zero-order chi connectivity index (χ0) is 15.4. The third-order valence-corrected chi connectivity index (χ3v) is 4.45. The maximum Gasteiger partial charge on any atom is 0.133 e. The van der Waals surface area contributed by atoms with Crippen LogP contribution in [0.3, 0.4) is 0 Å². The van der Waals surface area contributed by atoms with Gasteiger partial charge in [-0.2, -0.15) is 0 Å². The van der Waals surface area contributed by atoms with Crippen molar-refractivity contribution in [1.29, 1.82) is 0 Å². The zero-order valence-corrected chi connectivity index (χ0v) is 13.4. The number of methoxy groups -OCH3 is 1. The molecule has 1 aromatic carbocycles. The molecule has 0 N–H and O–H groups in total. The summed E-state index contributed by atoms with van der Waals surface area (Å²) in [7, 11) is 1.83. The standard InChI is InChI=1S/C18H24N2O2/c1-14-10-17(19-22-14)13-20-9-8-18(21-2)16(12-20)11-15-6-4-3-5-7-15/h3-7,10,16,18H,8-9,11-13H2,1-2H3/t16-,18+/m0/s1. The van der Waals surface area contributed by atoms with Crippen LogP contribution in [0.25, 0.3) is 0 Å². The molecule has 118 valence electrons. The summed E-state index contributed by atoms with van der Waals surface area (Å²) in [5, 5.41) is 4.11. The summed E-state index contributed by atoms with van der Waals surface area (Å²) in [5.74, 6) is 1.40. The Hall–Kier alpha value is -1.65. The van der Waals surface area contributed by atoms with Gasteiger partial charge in [-0.05, 0) is 25.3 Å². The minimum Gasteiger partial charge on any atom is -0.381 e. The van der Waals surface area contributed by atoms with Crippen molar-refractivity contribution in [2.24, 2.45) is 5.92 Å². The molecule has 1 aliphatic heterocycles. The third-order valence-electron chi connectivity index (χ3n) is 4.45. The first kappa shape index (κ1) is 15.3. The molecule has 0 saturated carbocycles. The average Bonchev–Trinajstić information content (AvgIpc) is 2.94. The summed E-state index contributed by atoms with van der Waals surface area (Å²) in [5.41, 5.74) is 2.40. The second kappa shape index (κ2) is 7.07. The highest BCUT2D eigenvalue weighted by Gasteiger charge is 2.29. The molecule has 22 heavy (non-hydrogen) atoms. The summed E-state index contributed by atoms with van der Waals surface area (Å²) in [4.78, 5) is 2.46. The van der Waals surface area contributed by atoms with Crippen LogP contribution in [0, 0.1) is 12.8 Å². The van der Waals surface area contributed by atoms with Gasteiger partial charge in [0.25, 0.3) is 0 Å². The van der Waals surface area contributed by atoms with E-state index in [1.807, 2.05) is 20.1 Å². The normalized spacial score (nSPS) is 22.8. The second-order valence-electron chi connectivity index (χ2n) is 6.18. The highest BCUT2D eigenvalue weighted by Crippen LogP contribution is 2.24. The van der Waals surface area contributed by atoms with E-state index in [2.05, 4.69) is 40.4 Å². The summed E-state index contributed by atoms with van der Waals surface area (Å²) in [6, 6.07) is 12.7. The summed E-state index contributed by atoms with van der Waals surface area (Å²) < 4.78 is 10.9. The fourth-order valence-corrected chi connectivity index (χ4v) is 3.37. The molecule has 2 atom stereocenters. The summed E-state index contributed by atoms with van der Waals surface area (Å²) >= 11 is 0. The van der Waals surface area contributed by atoms with Crippen LogP contribution in [0.1, 0.15) is 23.4 Å². The number of ether oxygens (including phenoxy) is 1. The Morgan fingerprint density at radius 1 is 1.32 bits per heavy atom. The molecule has 1 aromatic heterocycles. The van der Waals surface area contributed by atoms with E-state index in [-0.39, 0.29) is 0 Å². The van der Waals surface area contributed by atoms with Crippen LogP contribution in [-0.2, 0) is 17.7 Å². The van der Waals surface area contributed by atoms with Crippen LogP contribution >= 0.6 is 0 Å². The molecule has 2 heterocycles. The van der Waals surface area contributed by atoms with E-state index in [4.69, 9.17) is 9.26 Å². The Balaban J connectivity index is 1.64. The summed E-state index contributed by atoms with van der Waals surface area (Å²) in [6.07, 6.45) is 2.48. The first-order valence-electron chi connectivity index (χ1n) is 7.96. The molecule has 0 bridgehead atoms. The molecule has 4 nitrogen and oxygen atoms in total. The van der Waals surface area contributed by atoms with Gasteiger partial charge in [-0.3, -0.25) is 4.90 Å². The largest absolute Gasteiger partial charge is 0.381 e. The number of piperidine rings is 1. The lowest BCUT2D eigenvalue weighted by atomic mass is 9.88. The minimum absolute atomic E-state index is 0.343. The molecule has 0 aliphatic carbocycles. The number of aromatic nitrogens is 1. The fraction of sp³-hybridized carbons (Fsp3) is 0.500. The highest BCUT2D eigenvalue weighted by molar-refractivity contribution is 5.16. The van der Waals surface area contributed by atoms with Crippen molar-refractivity contribution in [2.75, 3.05) is 20.2 Å². The Morgan fingerprint density at radius 2 is 2.14 bits per heavy atom. The number of hydrogen-bond donors (Lipinski definition) is 0. The predicted molar refractivity (Wildman–Crippen MR) is 85.6 cm³/mol. The number of hydrogen-bond acceptors (Lipinski definition) is 4. The van der Waals surface area contributed by atoms with Crippen molar-refractivity contribution >= 4 is 0 Å². The molecule has 0 amide bonds. The first-order valence-corrected chi connectivity index (χ1v) is 7.96. The van der Waals surface area contributed by atoms with Gasteiger partial charge in [0.2, 0.25) is 0 Å². The topological polar surface area (TPSA) is 38.5 Å². The van der Waals surface area contributed by atoms with Gasteiger partial charge in [0, 0.05) is 38.7 Å². The SMILES string of the molecule is CO[C@@H]1CCN(Cc2cc(C)on2)C[C@@H]1Cc1ccccc1. The number of nitrogens with zero attached hydrogens (tertiary/aromatic N) is 2. The average molecular weight is 300 g/mol. The highest BCUT2D eigenvalue weighted by atomic mass is 16.5. The Morgan fingerprint density at radius 3 is 2.82 bits per heavy atom. The van der Waals surface area contributed by atoms with Gasteiger partial charge in [-0.25, -0.2) is 0 Å². The van der Waals surface area contributed by atoms with Crippen molar-refractivity contribution in [1.82, 2.24) is 10.1 Å². The molecule has 1 saturated heterocycles. The Bertz CT molecular complexity index is 582. The van der Waals surface area contributed by atoms with Crippen LogP contribution < -0.4 is 0 Å². The minimum atomic E-state index is 0.343.